The van der Waals surface area contributed by atoms with Crippen molar-refractivity contribution < 1.29 is 14.6 Å². The molecular weight excluding hydrogens is 292 g/mol. The fourth-order valence-corrected chi connectivity index (χ4v) is 1.37. The summed E-state index contributed by atoms with van der Waals surface area (Å²) in [5, 5.41) is 8.73. The number of carbonyl (C=O) groups is 1. The number of nitrogens with two attached hydrogens (primary N) is 1. The molecule has 0 radical (unpaired) electrons. The second-order valence-corrected chi connectivity index (χ2v) is 5.78. The van der Waals surface area contributed by atoms with Gasteiger partial charge < -0.3 is 15.6 Å². The zero-order valence-corrected chi connectivity index (χ0v) is 13.6. The number of aliphatic imine (C=N–C) groups is 1. The van der Waals surface area contributed by atoms with Gasteiger partial charge in [-0.05, 0) is 30.6 Å². The van der Waals surface area contributed by atoms with E-state index in [1.807, 2.05) is 26.8 Å². The molecule has 0 heterocycles. The van der Waals surface area contributed by atoms with E-state index in [0.29, 0.717) is 5.76 Å². The topological polar surface area (TPSA) is 84.9 Å². The first-order chi connectivity index (χ1) is 9.64. The predicted octanol–water partition coefficient (Wildman–Crippen LogP) is 3.42. The zero-order valence-electron chi connectivity index (χ0n) is 12.8. The number of rotatable bonds is 6. The molecule has 0 rings (SSSR count). The minimum atomic E-state index is -0.950. The lowest BCUT2D eigenvalue weighted by molar-refractivity contribution is -0.136. The normalized spacial score (nSPS) is 15.7. The van der Waals surface area contributed by atoms with Crippen LogP contribution >= 0.6 is 11.6 Å². The number of hydrogen-bond donors (Lipinski definition) is 2. The van der Waals surface area contributed by atoms with Crippen LogP contribution in [0.1, 0.15) is 34.1 Å². The number of halogens is 1. The number of hydrogen-bond acceptors (Lipinski definition) is 3. The van der Waals surface area contributed by atoms with E-state index in [2.05, 4.69) is 4.99 Å². The standard InChI is InChI=1S/C15H23ClN2O3/c1-11(8-10-16)18-14(17)21-12(5-6-13(19)20)7-9-15(2,3)4/h5,7-11H,6H2,1-4H3,(H2,17,18)(H,19,20)/b9-7-,10-8+,12-5+. The van der Waals surface area contributed by atoms with Gasteiger partial charge in [-0.15, -0.1) is 0 Å². The number of nitrogens with zero attached hydrogens (tertiary/aromatic N) is 1. The van der Waals surface area contributed by atoms with Gasteiger partial charge in [-0.25, -0.2) is 4.99 Å². The van der Waals surface area contributed by atoms with Gasteiger partial charge in [0.2, 0.25) is 0 Å². The molecule has 0 fully saturated rings. The fraction of sp³-hybridized carbons (Fsp3) is 0.467. The van der Waals surface area contributed by atoms with E-state index >= 15 is 0 Å². The Morgan fingerprint density at radius 1 is 1.48 bits per heavy atom. The molecule has 0 aromatic carbocycles. The van der Waals surface area contributed by atoms with Crippen LogP contribution in [0.5, 0.6) is 0 Å². The summed E-state index contributed by atoms with van der Waals surface area (Å²) in [5.41, 5.74) is 6.97. The van der Waals surface area contributed by atoms with Gasteiger partial charge in [0.05, 0.1) is 12.5 Å². The van der Waals surface area contributed by atoms with Crippen LogP contribution in [0.2, 0.25) is 0 Å². The highest BCUT2D eigenvalue weighted by atomic mass is 35.5. The number of ether oxygens (including phenoxy) is 1. The first-order valence-corrected chi connectivity index (χ1v) is 6.97. The Bertz CT molecular complexity index is 460. The summed E-state index contributed by atoms with van der Waals surface area (Å²) in [6.45, 7) is 7.84. The van der Waals surface area contributed by atoms with E-state index in [-0.39, 0.29) is 23.9 Å². The average molecular weight is 315 g/mol. The molecule has 0 aliphatic heterocycles. The Hall–Kier alpha value is -1.75. The first-order valence-electron chi connectivity index (χ1n) is 6.53. The van der Waals surface area contributed by atoms with Crippen molar-refractivity contribution in [1.82, 2.24) is 0 Å². The van der Waals surface area contributed by atoms with Gasteiger partial charge in [0.25, 0.3) is 6.02 Å². The predicted molar refractivity (Wildman–Crippen MR) is 86.1 cm³/mol. The molecule has 0 bridgehead atoms. The van der Waals surface area contributed by atoms with Crippen molar-refractivity contribution in [2.24, 2.45) is 16.1 Å². The minimum absolute atomic E-state index is 0.0486. The van der Waals surface area contributed by atoms with E-state index in [9.17, 15) is 4.79 Å². The maximum absolute atomic E-state index is 10.6. The van der Waals surface area contributed by atoms with Crippen LogP contribution in [-0.4, -0.2) is 23.1 Å². The molecule has 0 spiro atoms. The van der Waals surface area contributed by atoms with Gasteiger partial charge in [0.1, 0.15) is 5.76 Å². The minimum Gasteiger partial charge on any atom is -0.481 e. The number of carboxylic acid groups (broad SMARTS) is 1. The largest absolute Gasteiger partial charge is 0.481 e. The summed E-state index contributed by atoms with van der Waals surface area (Å²) in [5.74, 6) is -0.607. The molecule has 1 atom stereocenters. The summed E-state index contributed by atoms with van der Waals surface area (Å²) in [6, 6.07) is -0.276. The molecule has 6 heteroatoms. The zero-order chi connectivity index (χ0) is 16.5. The second kappa shape index (κ2) is 9.23. The highest BCUT2D eigenvalue weighted by Crippen LogP contribution is 2.16. The van der Waals surface area contributed by atoms with Gasteiger partial charge in [0, 0.05) is 5.54 Å². The van der Waals surface area contributed by atoms with Gasteiger partial charge in [0.15, 0.2) is 0 Å². The van der Waals surface area contributed by atoms with Crippen LogP contribution in [-0.2, 0) is 9.53 Å². The molecule has 0 saturated carbocycles. The number of carboxylic acids is 1. The van der Waals surface area contributed by atoms with E-state index in [1.165, 1.54) is 11.6 Å². The average Bonchev–Trinajstić information content (AvgIpc) is 2.31. The van der Waals surface area contributed by atoms with Gasteiger partial charge in [-0.2, -0.15) is 0 Å². The molecule has 118 valence electrons. The summed E-state index contributed by atoms with van der Waals surface area (Å²) >= 11 is 5.45. The molecule has 0 amide bonds. The summed E-state index contributed by atoms with van der Waals surface area (Å²) in [6.07, 6.45) is 6.51. The van der Waals surface area contributed by atoms with Crippen molar-refractivity contribution in [3.8, 4) is 0 Å². The smallest absolute Gasteiger partial charge is 0.307 e. The number of allylic oxidation sites excluding steroid dienone is 2. The highest BCUT2D eigenvalue weighted by Gasteiger charge is 2.07. The fourth-order valence-electron chi connectivity index (χ4n) is 1.16. The third-order valence-corrected chi connectivity index (χ3v) is 2.28. The lowest BCUT2D eigenvalue weighted by atomic mass is 9.96. The van der Waals surface area contributed by atoms with Crippen LogP contribution in [0, 0.1) is 5.41 Å². The molecule has 0 aromatic rings. The van der Waals surface area contributed by atoms with Crippen molar-refractivity contribution >= 4 is 23.6 Å². The lowest BCUT2D eigenvalue weighted by Crippen LogP contribution is -2.18. The molecular formula is C15H23ClN2O3. The van der Waals surface area contributed by atoms with Gasteiger partial charge >= 0.3 is 5.97 Å². The Morgan fingerprint density at radius 2 is 2.10 bits per heavy atom. The van der Waals surface area contributed by atoms with Crippen molar-refractivity contribution in [3.63, 3.8) is 0 Å². The maximum Gasteiger partial charge on any atom is 0.307 e. The third-order valence-electron chi connectivity index (χ3n) is 2.13. The Morgan fingerprint density at radius 3 is 2.57 bits per heavy atom. The van der Waals surface area contributed by atoms with Crippen molar-refractivity contribution in [2.75, 3.05) is 0 Å². The van der Waals surface area contributed by atoms with E-state index in [4.69, 9.17) is 27.2 Å². The molecule has 0 aliphatic carbocycles. The van der Waals surface area contributed by atoms with Crippen molar-refractivity contribution in [2.45, 2.75) is 40.2 Å². The van der Waals surface area contributed by atoms with Crippen LogP contribution in [0.15, 0.2) is 40.6 Å². The molecule has 1 unspecified atom stereocenters. The quantitative estimate of drug-likeness (QED) is 0.340. The SMILES string of the molecule is CC(/C=C/Cl)N=C(N)OC(/C=C\C(C)(C)C)=C/CC(=O)O. The Labute approximate surface area is 130 Å². The molecule has 0 aromatic heterocycles. The molecule has 3 N–H and O–H groups in total. The molecule has 0 aliphatic rings. The van der Waals surface area contributed by atoms with Crippen molar-refractivity contribution in [3.05, 3.63) is 35.6 Å². The molecule has 21 heavy (non-hydrogen) atoms. The van der Waals surface area contributed by atoms with Crippen LogP contribution in [0.3, 0.4) is 0 Å². The summed E-state index contributed by atoms with van der Waals surface area (Å²) in [7, 11) is 0. The second-order valence-electron chi connectivity index (χ2n) is 5.53. The monoisotopic (exact) mass is 314 g/mol. The van der Waals surface area contributed by atoms with E-state index < -0.39 is 5.97 Å². The van der Waals surface area contributed by atoms with Gasteiger partial charge in [-0.3, -0.25) is 4.79 Å². The summed E-state index contributed by atoms with van der Waals surface area (Å²) in [4.78, 5) is 14.7. The van der Waals surface area contributed by atoms with E-state index in [0.717, 1.165) is 0 Å². The van der Waals surface area contributed by atoms with E-state index in [1.54, 1.807) is 19.1 Å². The summed E-state index contributed by atoms with van der Waals surface area (Å²) < 4.78 is 5.38. The maximum atomic E-state index is 10.6. The number of aliphatic carboxylic acids is 1. The molecule has 5 nitrogen and oxygen atoms in total. The van der Waals surface area contributed by atoms with Crippen LogP contribution in [0.25, 0.3) is 0 Å². The first kappa shape index (κ1) is 19.2. The Balaban J connectivity index is 5.02. The van der Waals surface area contributed by atoms with Crippen LogP contribution in [0.4, 0.5) is 0 Å². The number of amidine groups is 1. The third kappa shape index (κ3) is 11.8. The van der Waals surface area contributed by atoms with Crippen LogP contribution < -0.4 is 5.73 Å². The highest BCUT2D eigenvalue weighted by molar-refractivity contribution is 6.25. The van der Waals surface area contributed by atoms with Crippen molar-refractivity contribution in [1.29, 1.82) is 0 Å². The lowest BCUT2D eigenvalue weighted by Gasteiger charge is -2.12. The Kier molecular flexibility index (Phi) is 8.47. The van der Waals surface area contributed by atoms with Gasteiger partial charge in [-0.1, -0.05) is 38.4 Å². The molecule has 0 saturated heterocycles.